The Bertz CT molecular complexity index is 294. The molecule has 0 aliphatic rings. The van der Waals surface area contributed by atoms with Crippen LogP contribution in [0.15, 0.2) is 0 Å². The zero-order valence-electron chi connectivity index (χ0n) is 12.8. The lowest BCUT2D eigenvalue weighted by Gasteiger charge is -2.33. The molecule has 0 heterocycles. The molecule has 0 fully saturated rings. The molecule has 106 valence electrons. The molecule has 18 heavy (non-hydrogen) atoms. The summed E-state index contributed by atoms with van der Waals surface area (Å²) in [6.07, 6.45) is 3.18. The molecule has 3 nitrogen and oxygen atoms in total. The molecule has 0 amide bonds. The van der Waals surface area contributed by atoms with Crippen molar-refractivity contribution in [2.24, 2.45) is 10.8 Å². The first-order chi connectivity index (χ1) is 8.19. The van der Waals surface area contributed by atoms with Gasteiger partial charge in [0.05, 0.1) is 12.0 Å². The summed E-state index contributed by atoms with van der Waals surface area (Å²) in [5.41, 5.74) is -1.04. The Morgan fingerprint density at radius 2 is 1.67 bits per heavy atom. The fourth-order valence-corrected chi connectivity index (χ4v) is 2.05. The first-order valence-corrected chi connectivity index (χ1v) is 6.88. The zero-order valence-corrected chi connectivity index (χ0v) is 12.8. The third-order valence-electron chi connectivity index (χ3n) is 3.75. The molecule has 0 N–H and O–H groups in total. The molecule has 0 saturated carbocycles. The Kier molecular flexibility index (Phi) is 6.58. The summed E-state index contributed by atoms with van der Waals surface area (Å²) in [4.78, 5) is 23.7. The van der Waals surface area contributed by atoms with Crippen molar-refractivity contribution in [3.63, 3.8) is 0 Å². The van der Waals surface area contributed by atoms with Crippen molar-refractivity contribution in [2.45, 2.75) is 67.2 Å². The number of esters is 1. The Labute approximate surface area is 111 Å². The molecule has 0 saturated heterocycles. The summed E-state index contributed by atoms with van der Waals surface area (Å²) in [6, 6.07) is 0. The van der Waals surface area contributed by atoms with Gasteiger partial charge in [0.2, 0.25) is 0 Å². The third-order valence-corrected chi connectivity index (χ3v) is 3.75. The number of unbranched alkanes of at least 4 members (excludes halogenated alkanes) is 1. The van der Waals surface area contributed by atoms with E-state index in [9.17, 15) is 9.59 Å². The maximum absolute atomic E-state index is 12.0. The van der Waals surface area contributed by atoms with Crippen molar-refractivity contribution in [2.75, 3.05) is 6.61 Å². The molecule has 0 spiro atoms. The van der Waals surface area contributed by atoms with Gasteiger partial charge in [0.1, 0.15) is 5.78 Å². The number of rotatable bonds is 8. The van der Waals surface area contributed by atoms with Crippen LogP contribution in [0.3, 0.4) is 0 Å². The number of carbonyl (C=O) groups is 2. The average molecular weight is 256 g/mol. The van der Waals surface area contributed by atoms with E-state index in [4.69, 9.17) is 4.74 Å². The monoisotopic (exact) mass is 256 g/mol. The molecule has 0 bridgehead atoms. The van der Waals surface area contributed by atoms with Gasteiger partial charge in [-0.25, -0.2) is 0 Å². The minimum absolute atomic E-state index is 0.138. The van der Waals surface area contributed by atoms with Gasteiger partial charge in [0.25, 0.3) is 0 Å². The smallest absolute Gasteiger partial charge is 0.311 e. The molecule has 0 aromatic rings. The van der Waals surface area contributed by atoms with Gasteiger partial charge in [-0.15, -0.1) is 0 Å². The topological polar surface area (TPSA) is 43.4 Å². The lowest BCUT2D eigenvalue weighted by molar-refractivity contribution is -0.156. The van der Waals surface area contributed by atoms with Crippen LogP contribution in [0.2, 0.25) is 0 Å². The molecule has 0 aromatic carbocycles. The van der Waals surface area contributed by atoms with E-state index in [-0.39, 0.29) is 11.8 Å². The first kappa shape index (κ1) is 17.1. The molecule has 0 radical (unpaired) electrons. The van der Waals surface area contributed by atoms with E-state index in [1.54, 1.807) is 6.92 Å². The molecule has 3 heteroatoms. The van der Waals surface area contributed by atoms with Gasteiger partial charge in [-0.2, -0.15) is 0 Å². The predicted octanol–water partition coefficient (Wildman–Crippen LogP) is 3.75. The lowest BCUT2D eigenvalue weighted by atomic mass is 9.70. The molecular formula is C15H28O3. The van der Waals surface area contributed by atoms with Gasteiger partial charge < -0.3 is 4.74 Å². The Balaban J connectivity index is 4.62. The highest BCUT2D eigenvalue weighted by Crippen LogP contribution is 2.38. The highest BCUT2D eigenvalue weighted by atomic mass is 16.5. The van der Waals surface area contributed by atoms with Crippen LogP contribution in [0.25, 0.3) is 0 Å². The highest BCUT2D eigenvalue weighted by molar-refractivity contribution is 5.83. The van der Waals surface area contributed by atoms with Crippen LogP contribution in [-0.2, 0) is 14.3 Å². The van der Waals surface area contributed by atoms with E-state index in [2.05, 4.69) is 6.92 Å². The summed E-state index contributed by atoms with van der Waals surface area (Å²) in [5, 5.41) is 0. The van der Waals surface area contributed by atoms with Gasteiger partial charge in [0, 0.05) is 5.41 Å². The molecule has 1 unspecified atom stereocenters. The number of Topliss-reactive ketones (excluding diaryl/α,β-unsaturated/α-hetero) is 1. The third kappa shape index (κ3) is 4.79. The van der Waals surface area contributed by atoms with Crippen LogP contribution in [0.4, 0.5) is 0 Å². The van der Waals surface area contributed by atoms with Crippen LogP contribution >= 0.6 is 0 Å². The second kappa shape index (κ2) is 6.91. The molecule has 0 aromatic heterocycles. The minimum atomic E-state index is -0.607. The largest absolute Gasteiger partial charge is 0.465 e. The predicted molar refractivity (Wildman–Crippen MR) is 73.3 cm³/mol. The van der Waals surface area contributed by atoms with Crippen LogP contribution < -0.4 is 0 Å². The molecular weight excluding hydrogens is 228 g/mol. The molecule has 0 aliphatic carbocycles. The van der Waals surface area contributed by atoms with Gasteiger partial charge in [-0.05, 0) is 40.0 Å². The van der Waals surface area contributed by atoms with E-state index in [0.717, 1.165) is 19.3 Å². The number of ether oxygens (including phenoxy) is 1. The number of carbonyl (C=O) groups excluding carboxylic acids is 2. The Morgan fingerprint density at radius 1 is 1.11 bits per heavy atom. The molecule has 0 rings (SSSR count). The quantitative estimate of drug-likeness (QED) is 0.490. The SMILES string of the molecule is CCCCOC(=O)C(C)(C)CC(C)(CC)C(C)=O. The minimum Gasteiger partial charge on any atom is -0.465 e. The van der Waals surface area contributed by atoms with E-state index in [0.29, 0.717) is 13.0 Å². The standard InChI is InChI=1S/C15H28O3/c1-7-9-10-18-13(17)14(4,5)11-15(6,8-2)12(3)16/h7-11H2,1-6H3. The fourth-order valence-electron chi connectivity index (χ4n) is 2.05. The second-order valence-electron chi connectivity index (χ2n) is 6.02. The van der Waals surface area contributed by atoms with Gasteiger partial charge in [-0.1, -0.05) is 27.2 Å². The van der Waals surface area contributed by atoms with Crippen molar-refractivity contribution in [3.8, 4) is 0 Å². The Morgan fingerprint density at radius 3 is 2.06 bits per heavy atom. The Hall–Kier alpha value is -0.860. The first-order valence-electron chi connectivity index (χ1n) is 6.88. The van der Waals surface area contributed by atoms with E-state index < -0.39 is 10.8 Å². The maximum Gasteiger partial charge on any atom is 0.311 e. The summed E-state index contributed by atoms with van der Waals surface area (Å²) < 4.78 is 5.27. The van der Waals surface area contributed by atoms with Gasteiger partial charge in [0.15, 0.2) is 0 Å². The van der Waals surface area contributed by atoms with Crippen molar-refractivity contribution in [3.05, 3.63) is 0 Å². The maximum atomic E-state index is 12.0. The van der Waals surface area contributed by atoms with Gasteiger partial charge >= 0.3 is 5.97 Å². The van der Waals surface area contributed by atoms with E-state index >= 15 is 0 Å². The number of ketones is 1. The number of hydrogen-bond acceptors (Lipinski definition) is 3. The van der Waals surface area contributed by atoms with E-state index in [1.165, 1.54) is 0 Å². The van der Waals surface area contributed by atoms with E-state index in [1.807, 2.05) is 27.7 Å². The van der Waals surface area contributed by atoms with Crippen LogP contribution in [0.1, 0.15) is 67.2 Å². The fraction of sp³-hybridized carbons (Fsp3) is 0.867. The van der Waals surface area contributed by atoms with Gasteiger partial charge in [-0.3, -0.25) is 9.59 Å². The van der Waals surface area contributed by atoms with Crippen LogP contribution in [0.5, 0.6) is 0 Å². The van der Waals surface area contributed by atoms with Crippen molar-refractivity contribution >= 4 is 11.8 Å². The normalized spacial score (nSPS) is 15.0. The summed E-state index contributed by atoms with van der Waals surface area (Å²) in [7, 11) is 0. The molecule has 0 aliphatic heterocycles. The second-order valence-corrected chi connectivity index (χ2v) is 6.02. The highest BCUT2D eigenvalue weighted by Gasteiger charge is 2.39. The average Bonchev–Trinajstić information content (AvgIpc) is 2.28. The summed E-state index contributed by atoms with van der Waals surface area (Å²) in [6.45, 7) is 11.8. The summed E-state index contributed by atoms with van der Waals surface area (Å²) >= 11 is 0. The van der Waals surface area contributed by atoms with Crippen LogP contribution in [-0.4, -0.2) is 18.4 Å². The van der Waals surface area contributed by atoms with Crippen molar-refractivity contribution in [1.29, 1.82) is 0 Å². The zero-order chi connectivity index (χ0) is 14.4. The van der Waals surface area contributed by atoms with Crippen LogP contribution in [0, 0.1) is 10.8 Å². The molecule has 1 atom stereocenters. The lowest BCUT2D eigenvalue weighted by Crippen LogP contribution is -2.36. The van der Waals surface area contributed by atoms with Crippen molar-refractivity contribution < 1.29 is 14.3 Å². The van der Waals surface area contributed by atoms with Crippen molar-refractivity contribution in [1.82, 2.24) is 0 Å². The summed E-state index contributed by atoms with van der Waals surface area (Å²) in [5.74, 6) is -0.0590. The number of hydrogen-bond donors (Lipinski definition) is 0.